The molecule has 1 fully saturated rings. The third kappa shape index (κ3) is 5.29. The maximum absolute atomic E-state index is 12.9. The van der Waals surface area contributed by atoms with E-state index < -0.39 is 11.9 Å². The smallest absolute Gasteiger partial charge is 0.387 e. The van der Waals surface area contributed by atoms with E-state index in [-0.39, 0.29) is 24.5 Å². The number of oxime groups is 1. The van der Waals surface area contributed by atoms with Gasteiger partial charge in [-0.3, -0.25) is 14.3 Å². The number of benzene rings is 1. The highest BCUT2D eigenvalue weighted by Crippen LogP contribution is 2.34. The number of hydrogen-bond acceptors (Lipinski definition) is 7. The van der Waals surface area contributed by atoms with Crippen molar-refractivity contribution in [2.45, 2.75) is 50.9 Å². The van der Waals surface area contributed by atoms with Gasteiger partial charge >= 0.3 is 6.18 Å². The van der Waals surface area contributed by atoms with Gasteiger partial charge in [0.2, 0.25) is 5.91 Å². The van der Waals surface area contributed by atoms with Crippen molar-refractivity contribution < 1.29 is 27.6 Å². The molecular formula is C25H24F3N5O3S. The second-order valence-electron chi connectivity index (χ2n) is 9.14. The molecule has 4 heterocycles. The molecule has 0 N–H and O–H groups in total. The van der Waals surface area contributed by atoms with Crippen LogP contribution in [0.3, 0.4) is 0 Å². The highest BCUT2D eigenvalue weighted by atomic mass is 32.1. The highest BCUT2D eigenvalue weighted by molar-refractivity contribution is 7.10. The van der Waals surface area contributed by atoms with Crippen LogP contribution in [0.15, 0.2) is 40.9 Å². The van der Waals surface area contributed by atoms with E-state index in [0.29, 0.717) is 43.6 Å². The Bertz CT molecular complexity index is 1340. The number of hydrogen-bond donors (Lipinski definition) is 0. The molecule has 2 aromatic heterocycles. The van der Waals surface area contributed by atoms with Crippen LogP contribution in [0.5, 0.6) is 0 Å². The van der Waals surface area contributed by atoms with Crippen molar-refractivity contribution in [3.8, 4) is 0 Å². The Morgan fingerprint density at radius 2 is 2.00 bits per heavy atom. The number of aldehydes is 1. The van der Waals surface area contributed by atoms with Crippen molar-refractivity contribution in [1.82, 2.24) is 19.7 Å². The van der Waals surface area contributed by atoms with Gasteiger partial charge in [0.25, 0.3) is 0 Å². The number of alkyl halides is 3. The average molecular weight is 532 g/mol. The molecule has 8 nitrogen and oxygen atoms in total. The lowest BCUT2D eigenvalue weighted by molar-refractivity contribution is -0.142. The maximum atomic E-state index is 12.9. The third-order valence-electron chi connectivity index (χ3n) is 6.71. The van der Waals surface area contributed by atoms with Crippen molar-refractivity contribution in [2.24, 2.45) is 5.16 Å². The topological polar surface area (TPSA) is 89.7 Å². The normalized spacial score (nSPS) is 18.5. The lowest BCUT2D eigenvalue weighted by Gasteiger charge is -2.31. The Kier molecular flexibility index (Phi) is 6.84. The van der Waals surface area contributed by atoms with Crippen molar-refractivity contribution in [2.75, 3.05) is 13.1 Å². The molecule has 1 saturated heterocycles. The summed E-state index contributed by atoms with van der Waals surface area (Å²) in [5.74, 6) is -0.0714. The zero-order valence-electron chi connectivity index (χ0n) is 19.9. The molecule has 194 valence electrons. The minimum atomic E-state index is -4.54. The van der Waals surface area contributed by atoms with Crippen LogP contribution < -0.4 is 0 Å². The number of thiazole rings is 1. The van der Waals surface area contributed by atoms with Gasteiger partial charge < -0.3 is 9.74 Å². The highest BCUT2D eigenvalue weighted by Gasteiger charge is 2.35. The first-order chi connectivity index (χ1) is 17.7. The lowest BCUT2D eigenvalue weighted by Crippen LogP contribution is -2.40. The molecule has 0 bridgehead atoms. The largest absolute Gasteiger partial charge is 0.435 e. The number of nitrogens with zero attached hydrogens (tertiary/aromatic N) is 5. The molecule has 1 atom stereocenters. The number of amides is 1. The molecular weight excluding hydrogens is 507 g/mol. The Hall–Kier alpha value is -3.54. The van der Waals surface area contributed by atoms with Crippen LogP contribution >= 0.6 is 11.3 Å². The van der Waals surface area contributed by atoms with Crippen molar-refractivity contribution in [1.29, 1.82) is 0 Å². The van der Waals surface area contributed by atoms with E-state index in [1.54, 1.807) is 17.0 Å². The van der Waals surface area contributed by atoms with E-state index in [2.05, 4.69) is 10.3 Å². The molecule has 3 aromatic rings. The van der Waals surface area contributed by atoms with Crippen LogP contribution in [-0.2, 0) is 22.4 Å². The molecule has 0 saturated carbocycles. The Labute approximate surface area is 214 Å². The minimum Gasteiger partial charge on any atom is -0.387 e. The van der Waals surface area contributed by atoms with Crippen molar-refractivity contribution in [3.05, 3.63) is 68.9 Å². The zero-order chi connectivity index (χ0) is 26.2. The van der Waals surface area contributed by atoms with Crippen LogP contribution in [0.4, 0.5) is 13.2 Å². The fraction of sp³-hybridized carbons (Fsp3) is 0.400. The zero-order valence-corrected chi connectivity index (χ0v) is 20.8. The van der Waals surface area contributed by atoms with E-state index in [1.165, 1.54) is 18.3 Å². The predicted octanol–water partition coefficient (Wildman–Crippen LogP) is 4.75. The molecule has 37 heavy (non-hydrogen) atoms. The number of likely N-dealkylation sites (tertiary alicyclic amines) is 1. The maximum Gasteiger partial charge on any atom is 0.435 e. The monoisotopic (exact) mass is 531 g/mol. The molecule has 1 aromatic carbocycles. The summed E-state index contributed by atoms with van der Waals surface area (Å²) in [7, 11) is 0. The first-order valence-corrected chi connectivity index (χ1v) is 12.7. The summed E-state index contributed by atoms with van der Waals surface area (Å²) in [4.78, 5) is 36.1. The molecule has 1 unspecified atom stereocenters. The second-order valence-corrected chi connectivity index (χ2v) is 10.0. The molecule has 0 radical (unpaired) electrons. The number of halogens is 3. The summed E-state index contributed by atoms with van der Waals surface area (Å²) in [6.07, 6.45) is -2.12. The van der Waals surface area contributed by atoms with Gasteiger partial charge in [-0.25, -0.2) is 4.98 Å². The number of aromatic nitrogens is 3. The first-order valence-electron chi connectivity index (χ1n) is 11.8. The standard InChI is InChI=1S/C25H24F3N5O3S/c1-15-10-22(25(26,27)28)30-33(15)12-23(35)32-8-6-16(7-9-32)24-29-20(14-37-24)19-11-21(36-31-19)18-5-3-2-4-17(18)13-34/h2-5,10,13-14,16,21H,6-9,11-12H2,1H3. The number of rotatable bonds is 6. The summed E-state index contributed by atoms with van der Waals surface area (Å²) >= 11 is 1.54. The van der Waals surface area contributed by atoms with E-state index in [1.807, 2.05) is 17.5 Å². The van der Waals surface area contributed by atoms with Crippen molar-refractivity contribution >= 4 is 29.2 Å². The Balaban J connectivity index is 1.16. The molecule has 1 amide bonds. The predicted molar refractivity (Wildman–Crippen MR) is 129 cm³/mol. The fourth-order valence-corrected chi connectivity index (χ4v) is 5.63. The van der Waals surface area contributed by atoms with Gasteiger partial charge in [-0.2, -0.15) is 18.3 Å². The van der Waals surface area contributed by atoms with Crippen LogP contribution in [0.25, 0.3) is 0 Å². The van der Waals surface area contributed by atoms with Gasteiger partial charge in [0.1, 0.15) is 18.5 Å². The second kappa shape index (κ2) is 10.1. The summed E-state index contributed by atoms with van der Waals surface area (Å²) in [5, 5.41) is 10.7. The Morgan fingerprint density at radius 3 is 2.70 bits per heavy atom. The molecule has 2 aliphatic heterocycles. The SMILES string of the molecule is Cc1cc(C(F)(F)F)nn1CC(=O)N1CCC(c2nc(C3=NOC(c4ccccc4C=O)C3)cs2)CC1. The van der Waals surface area contributed by atoms with Gasteiger partial charge in [-0.1, -0.05) is 29.4 Å². The molecule has 5 rings (SSSR count). The van der Waals surface area contributed by atoms with Gasteiger partial charge in [0, 0.05) is 47.6 Å². The number of carbonyl (C=O) groups is 2. The fourth-order valence-electron chi connectivity index (χ4n) is 4.63. The van der Waals surface area contributed by atoms with Gasteiger partial charge in [-0.05, 0) is 25.8 Å². The summed E-state index contributed by atoms with van der Waals surface area (Å²) in [6, 6.07) is 8.22. The summed E-state index contributed by atoms with van der Waals surface area (Å²) < 4.78 is 39.8. The first kappa shape index (κ1) is 25.1. The van der Waals surface area contributed by atoms with Gasteiger partial charge in [0.15, 0.2) is 11.8 Å². The van der Waals surface area contributed by atoms with Gasteiger partial charge in [0.05, 0.1) is 10.7 Å². The van der Waals surface area contributed by atoms with E-state index in [4.69, 9.17) is 9.82 Å². The van der Waals surface area contributed by atoms with E-state index in [0.717, 1.165) is 39.0 Å². The van der Waals surface area contributed by atoms with Crippen LogP contribution in [-0.4, -0.2) is 50.7 Å². The molecule has 2 aliphatic rings. The van der Waals surface area contributed by atoms with E-state index in [9.17, 15) is 22.8 Å². The van der Waals surface area contributed by atoms with Crippen LogP contribution in [0, 0.1) is 6.92 Å². The summed E-state index contributed by atoms with van der Waals surface area (Å²) in [6.45, 7) is 2.28. The molecule has 0 aliphatic carbocycles. The Morgan fingerprint density at radius 1 is 1.24 bits per heavy atom. The lowest BCUT2D eigenvalue weighted by atomic mass is 9.97. The number of carbonyl (C=O) groups excluding carboxylic acids is 2. The van der Waals surface area contributed by atoms with Gasteiger partial charge in [-0.15, -0.1) is 11.3 Å². The number of aryl methyl sites for hydroxylation is 1. The van der Waals surface area contributed by atoms with Crippen molar-refractivity contribution in [3.63, 3.8) is 0 Å². The average Bonchev–Trinajstić information content (AvgIpc) is 3.64. The van der Waals surface area contributed by atoms with Crippen LogP contribution in [0.2, 0.25) is 0 Å². The van der Waals surface area contributed by atoms with Crippen LogP contribution in [0.1, 0.15) is 69.3 Å². The molecule has 0 spiro atoms. The van der Waals surface area contributed by atoms with E-state index >= 15 is 0 Å². The quantitative estimate of drug-likeness (QED) is 0.428. The minimum absolute atomic E-state index is 0.181. The number of piperidine rings is 1. The summed E-state index contributed by atoms with van der Waals surface area (Å²) in [5.41, 5.74) is 2.15. The third-order valence-corrected chi connectivity index (χ3v) is 7.72. The molecule has 12 heteroatoms.